The summed E-state index contributed by atoms with van der Waals surface area (Å²) in [5.74, 6) is 0.261. The quantitative estimate of drug-likeness (QED) is 0.330. The molecule has 0 saturated carbocycles. The average molecular weight is 401 g/mol. The highest BCUT2D eigenvalue weighted by Crippen LogP contribution is 2.22. The monoisotopic (exact) mass is 400 g/mol. The highest BCUT2D eigenvalue weighted by molar-refractivity contribution is 7.99. The van der Waals surface area contributed by atoms with Crippen molar-refractivity contribution in [2.45, 2.75) is 38.9 Å². The van der Waals surface area contributed by atoms with E-state index in [9.17, 15) is 9.59 Å². The zero-order valence-corrected chi connectivity index (χ0v) is 17.2. The molecule has 0 spiro atoms. The summed E-state index contributed by atoms with van der Waals surface area (Å²) >= 11 is 7.35. The molecule has 0 fully saturated rings. The van der Waals surface area contributed by atoms with E-state index in [-0.39, 0.29) is 17.1 Å². The molecule has 0 saturated heterocycles. The molecule has 4 nitrogen and oxygen atoms in total. The molecule has 0 N–H and O–H groups in total. The Bertz CT molecular complexity index is 1080. The second-order valence-corrected chi connectivity index (χ2v) is 7.92. The van der Waals surface area contributed by atoms with E-state index in [0.717, 1.165) is 23.1 Å². The Balaban J connectivity index is 1.95. The number of aryl methyl sites for hydroxylation is 2. The predicted octanol–water partition coefficient (Wildman–Crippen LogP) is 5.05. The van der Waals surface area contributed by atoms with Gasteiger partial charge >= 0.3 is 0 Å². The molecule has 3 rings (SSSR count). The number of hydrogen-bond donors (Lipinski definition) is 0. The number of fused-ring (bicyclic) bond motifs is 1. The van der Waals surface area contributed by atoms with Gasteiger partial charge in [-0.3, -0.25) is 14.2 Å². The smallest absolute Gasteiger partial charge is 0.262 e. The lowest BCUT2D eigenvalue weighted by Gasteiger charge is -2.12. The van der Waals surface area contributed by atoms with Gasteiger partial charge in [0.25, 0.3) is 5.56 Å². The fourth-order valence-corrected chi connectivity index (χ4v) is 4.02. The van der Waals surface area contributed by atoms with Crippen LogP contribution in [0.2, 0.25) is 5.02 Å². The number of carbonyl (C=O) groups excluding carboxylic acids is 1. The Kier molecular flexibility index (Phi) is 6.02. The number of benzene rings is 2. The molecule has 0 unspecified atom stereocenters. The van der Waals surface area contributed by atoms with Crippen molar-refractivity contribution in [2.75, 3.05) is 5.75 Å². The van der Waals surface area contributed by atoms with E-state index in [1.165, 1.54) is 11.8 Å². The van der Waals surface area contributed by atoms with E-state index >= 15 is 0 Å². The lowest BCUT2D eigenvalue weighted by molar-refractivity contribution is 0.102. The maximum atomic E-state index is 12.8. The molecule has 0 amide bonds. The van der Waals surface area contributed by atoms with E-state index in [1.54, 1.807) is 22.8 Å². The molecular formula is C21H21ClN2O2S. The maximum Gasteiger partial charge on any atom is 0.262 e. The van der Waals surface area contributed by atoms with Gasteiger partial charge in [-0.2, -0.15) is 0 Å². The maximum absolute atomic E-state index is 12.8. The zero-order chi connectivity index (χ0) is 19.6. The van der Waals surface area contributed by atoms with Gasteiger partial charge < -0.3 is 0 Å². The molecule has 2 aromatic carbocycles. The van der Waals surface area contributed by atoms with Crippen LogP contribution in [0, 0.1) is 13.8 Å². The third-order valence-electron chi connectivity index (χ3n) is 4.36. The Hall–Kier alpha value is -2.11. The molecule has 0 bridgehead atoms. The van der Waals surface area contributed by atoms with Crippen LogP contribution < -0.4 is 5.56 Å². The van der Waals surface area contributed by atoms with Crippen LogP contribution in [0.5, 0.6) is 0 Å². The fourth-order valence-electron chi connectivity index (χ4n) is 2.95. The van der Waals surface area contributed by atoms with Crippen LogP contribution in [-0.2, 0) is 6.54 Å². The van der Waals surface area contributed by atoms with Crippen molar-refractivity contribution in [1.82, 2.24) is 9.55 Å². The summed E-state index contributed by atoms with van der Waals surface area (Å²) in [6.07, 6.45) is 0.805. The Labute approximate surface area is 167 Å². The van der Waals surface area contributed by atoms with Gasteiger partial charge in [-0.05, 0) is 50.1 Å². The molecule has 0 radical (unpaired) electrons. The predicted molar refractivity (Wildman–Crippen MR) is 112 cm³/mol. The van der Waals surface area contributed by atoms with Gasteiger partial charge in [-0.15, -0.1) is 0 Å². The van der Waals surface area contributed by atoms with E-state index < -0.39 is 0 Å². The topological polar surface area (TPSA) is 52.0 Å². The molecular weight excluding hydrogens is 380 g/mol. The number of hydrogen-bond acceptors (Lipinski definition) is 4. The molecule has 3 aromatic rings. The van der Waals surface area contributed by atoms with Crippen molar-refractivity contribution in [3.05, 3.63) is 68.5 Å². The van der Waals surface area contributed by atoms with E-state index in [0.29, 0.717) is 27.6 Å². The third kappa shape index (κ3) is 4.25. The molecule has 1 heterocycles. The minimum Gasteiger partial charge on any atom is -0.293 e. The van der Waals surface area contributed by atoms with Crippen LogP contribution in [0.25, 0.3) is 10.9 Å². The standard InChI is InChI=1S/C21H21ClN2O2S/c1-4-9-24-20(26)16-8-7-15(22)11-18(16)23-21(24)27-12-19(25)17-10-13(2)5-6-14(17)3/h5-8,10-11H,4,9,12H2,1-3H3. The highest BCUT2D eigenvalue weighted by atomic mass is 35.5. The molecule has 0 atom stereocenters. The van der Waals surface area contributed by atoms with Crippen LogP contribution >= 0.6 is 23.4 Å². The molecule has 1 aromatic heterocycles. The molecule has 0 aliphatic heterocycles. The third-order valence-corrected chi connectivity index (χ3v) is 5.57. The van der Waals surface area contributed by atoms with Gasteiger partial charge in [0.05, 0.1) is 16.7 Å². The van der Waals surface area contributed by atoms with Crippen LogP contribution in [0.3, 0.4) is 0 Å². The van der Waals surface area contributed by atoms with Gasteiger partial charge in [0, 0.05) is 17.1 Å². The molecule has 0 aliphatic carbocycles. The Morgan fingerprint density at radius 3 is 2.70 bits per heavy atom. The number of Topliss-reactive ketones (excluding diaryl/α,β-unsaturated/α-hetero) is 1. The molecule has 140 valence electrons. The minimum absolute atomic E-state index is 0.0321. The van der Waals surface area contributed by atoms with Crippen molar-refractivity contribution < 1.29 is 4.79 Å². The second kappa shape index (κ2) is 8.28. The van der Waals surface area contributed by atoms with Crippen LogP contribution in [0.4, 0.5) is 0 Å². The van der Waals surface area contributed by atoms with Crippen LogP contribution in [0.1, 0.15) is 34.8 Å². The van der Waals surface area contributed by atoms with Gasteiger partial charge in [-0.25, -0.2) is 4.98 Å². The van der Waals surface area contributed by atoms with Crippen molar-refractivity contribution in [1.29, 1.82) is 0 Å². The lowest BCUT2D eigenvalue weighted by atomic mass is 10.0. The van der Waals surface area contributed by atoms with Crippen molar-refractivity contribution in [3.8, 4) is 0 Å². The number of rotatable bonds is 6. The van der Waals surface area contributed by atoms with E-state index in [1.807, 2.05) is 39.0 Å². The first-order valence-corrected chi connectivity index (χ1v) is 10.2. The Morgan fingerprint density at radius 2 is 1.96 bits per heavy atom. The van der Waals surface area contributed by atoms with E-state index in [2.05, 4.69) is 4.98 Å². The number of aromatic nitrogens is 2. The van der Waals surface area contributed by atoms with E-state index in [4.69, 9.17) is 11.6 Å². The lowest BCUT2D eigenvalue weighted by Crippen LogP contribution is -2.23. The first-order chi connectivity index (χ1) is 12.9. The summed E-state index contributed by atoms with van der Waals surface area (Å²) in [5.41, 5.74) is 3.18. The van der Waals surface area contributed by atoms with Gasteiger partial charge in [0.1, 0.15) is 0 Å². The Morgan fingerprint density at radius 1 is 1.19 bits per heavy atom. The number of carbonyl (C=O) groups is 1. The van der Waals surface area contributed by atoms with Crippen LogP contribution in [-0.4, -0.2) is 21.1 Å². The highest BCUT2D eigenvalue weighted by Gasteiger charge is 2.15. The first-order valence-electron chi connectivity index (χ1n) is 8.84. The fraction of sp³-hybridized carbons (Fsp3) is 0.286. The summed E-state index contributed by atoms with van der Waals surface area (Å²) in [6, 6.07) is 10.9. The summed E-state index contributed by atoms with van der Waals surface area (Å²) in [5, 5.41) is 1.62. The number of thioether (sulfide) groups is 1. The average Bonchev–Trinajstić information content (AvgIpc) is 2.64. The summed E-state index contributed by atoms with van der Waals surface area (Å²) in [6.45, 7) is 6.47. The second-order valence-electron chi connectivity index (χ2n) is 6.54. The van der Waals surface area contributed by atoms with Crippen molar-refractivity contribution >= 4 is 40.0 Å². The number of ketones is 1. The van der Waals surface area contributed by atoms with Crippen molar-refractivity contribution in [2.24, 2.45) is 0 Å². The number of nitrogens with zero attached hydrogens (tertiary/aromatic N) is 2. The van der Waals surface area contributed by atoms with Gasteiger partial charge in [0.2, 0.25) is 0 Å². The number of halogens is 1. The molecule has 6 heteroatoms. The zero-order valence-electron chi connectivity index (χ0n) is 15.6. The summed E-state index contributed by atoms with van der Waals surface area (Å²) < 4.78 is 1.65. The summed E-state index contributed by atoms with van der Waals surface area (Å²) in [7, 11) is 0. The summed E-state index contributed by atoms with van der Waals surface area (Å²) in [4.78, 5) is 30.2. The van der Waals surface area contributed by atoms with Crippen LogP contribution in [0.15, 0.2) is 46.3 Å². The largest absolute Gasteiger partial charge is 0.293 e. The minimum atomic E-state index is -0.0970. The SMILES string of the molecule is CCCn1c(SCC(=O)c2cc(C)ccc2C)nc2cc(Cl)ccc2c1=O. The van der Waals surface area contributed by atoms with Gasteiger partial charge in [0.15, 0.2) is 10.9 Å². The molecule has 27 heavy (non-hydrogen) atoms. The van der Waals surface area contributed by atoms with Crippen molar-refractivity contribution in [3.63, 3.8) is 0 Å². The first kappa shape index (κ1) is 19.6. The normalized spacial score (nSPS) is 11.1. The van der Waals surface area contributed by atoms with Gasteiger partial charge in [-0.1, -0.05) is 48.0 Å². The molecule has 0 aliphatic rings.